The van der Waals surface area contributed by atoms with Crippen molar-refractivity contribution in [2.24, 2.45) is 0 Å². The number of hydrogen-bond acceptors (Lipinski definition) is 6. The fourth-order valence-corrected chi connectivity index (χ4v) is 2.89. The van der Waals surface area contributed by atoms with Crippen LogP contribution in [0.1, 0.15) is 19.7 Å². The highest BCUT2D eigenvalue weighted by Gasteiger charge is 2.14. The van der Waals surface area contributed by atoms with Crippen molar-refractivity contribution in [3.63, 3.8) is 0 Å². The van der Waals surface area contributed by atoms with Crippen LogP contribution in [0.25, 0.3) is 0 Å². The van der Waals surface area contributed by atoms with E-state index in [4.69, 9.17) is 21.1 Å². The molecule has 23 heavy (non-hydrogen) atoms. The molecule has 0 amide bonds. The first-order valence-electron chi connectivity index (χ1n) is 7.23. The summed E-state index contributed by atoms with van der Waals surface area (Å²) in [7, 11) is 0. The Hall–Kier alpha value is -1.73. The predicted molar refractivity (Wildman–Crippen MR) is 88.8 cm³/mol. The van der Waals surface area contributed by atoms with Crippen LogP contribution in [0.15, 0.2) is 29.4 Å². The predicted octanol–water partition coefficient (Wildman–Crippen LogP) is 3.19. The summed E-state index contributed by atoms with van der Waals surface area (Å²) in [5.41, 5.74) is 0. The Morgan fingerprint density at radius 3 is 2.78 bits per heavy atom. The van der Waals surface area contributed by atoms with Crippen molar-refractivity contribution in [1.82, 2.24) is 14.8 Å². The van der Waals surface area contributed by atoms with Gasteiger partial charge < -0.3 is 14.0 Å². The number of aromatic nitrogens is 3. The molecule has 0 radical (unpaired) electrons. The molecule has 0 saturated carbocycles. The van der Waals surface area contributed by atoms with Crippen LogP contribution in [0.4, 0.5) is 0 Å². The summed E-state index contributed by atoms with van der Waals surface area (Å²) >= 11 is 7.36. The lowest BCUT2D eigenvalue weighted by molar-refractivity contribution is -0.139. The van der Waals surface area contributed by atoms with Gasteiger partial charge in [0.15, 0.2) is 11.0 Å². The Morgan fingerprint density at radius 1 is 1.30 bits per heavy atom. The van der Waals surface area contributed by atoms with Gasteiger partial charge in [0, 0.05) is 6.54 Å². The number of ether oxygens (including phenoxy) is 2. The fraction of sp³-hybridized carbons (Fsp3) is 0.400. The minimum absolute atomic E-state index is 0.206. The number of benzene rings is 1. The molecule has 1 aromatic carbocycles. The topological polar surface area (TPSA) is 66.2 Å². The lowest BCUT2D eigenvalue weighted by Crippen LogP contribution is -2.09. The lowest BCUT2D eigenvalue weighted by atomic mass is 10.3. The van der Waals surface area contributed by atoms with Gasteiger partial charge in [-0.1, -0.05) is 35.5 Å². The maximum absolute atomic E-state index is 11.4. The average Bonchev–Trinajstić information content (AvgIpc) is 2.94. The van der Waals surface area contributed by atoms with E-state index in [2.05, 4.69) is 10.2 Å². The number of halogens is 1. The molecule has 6 nitrogen and oxygen atoms in total. The van der Waals surface area contributed by atoms with E-state index in [-0.39, 0.29) is 18.3 Å². The van der Waals surface area contributed by atoms with Gasteiger partial charge in [0.05, 0.1) is 17.4 Å². The van der Waals surface area contributed by atoms with E-state index in [1.54, 1.807) is 19.1 Å². The molecule has 0 unspecified atom stereocenters. The summed E-state index contributed by atoms with van der Waals surface area (Å²) in [6.45, 7) is 5.07. The number of esters is 1. The van der Waals surface area contributed by atoms with Crippen LogP contribution in [0, 0.1) is 0 Å². The smallest absolute Gasteiger partial charge is 0.316 e. The molecule has 0 aliphatic heterocycles. The van der Waals surface area contributed by atoms with E-state index in [9.17, 15) is 4.79 Å². The van der Waals surface area contributed by atoms with Crippen LogP contribution in [0.2, 0.25) is 5.02 Å². The Balaban J connectivity index is 2.00. The molecule has 0 bridgehead atoms. The van der Waals surface area contributed by atoms with Gasteiger partial charge in [-0.25, -0.2) is 0 Å². The number of para-hydroxylation sites is 1. The average molecular weight is 356 g/mol. The van der Waals surface area contributed by atoms with Crippen LogP contribution < -0.4 is 4.74 Å². The first-order valence-corrected chi connectivity index (χ1v) is 8.59. The molecule has 0 saturated heterocycles. The number of thioether (sulfide) groups is 1. The van der Waals surface area contributed by atoms with Crippen LogP contribution in [0.5, 0.6) is 5.75 Å². The standard InChI is InChI=1S/C15H18ClN3O3S/c1-3-19-13(9-22-12-8-6-5-7-11(12)16)17-18-15(19)23-10-14(20)21-4-2/h5-8H,3-4,9-10H2,1-2H3. The van der Waals surface area contributed by atoms with Crippen LogP contribution >= 0.6 is 23.4 Å². The fourth-order valence-electron chi connectivity index (χ4n) is 1.88. The zero-order valence-electron chi connectivity index (χ0n) is 13.0. The monoisotopic (exact) mass is 355 g/mol. The van der Waals surface area contributed by atoms with Crippen molar-refractivity contribution in [3.8, 4) is 5.75 Å². The van der Waals surface area contributed by atoms with Crippen LogP contribution in [-0.2, 0) is 22.7 Å². The molecule has 8 heteroatoms. The molecule has 0 spiro atoms. The maximum atomic E-state index is 11.4. The highest BCUT2D eigenvalue weighted by Crippen LogP contribution is 2.24. The lowest BCUT2D eigenvalue weighted by Gasteiger charge is -2.09. The van der Waals surface area contributed by atoms with Gasteiger partial charge in [-0.05, 0) is 26.0 Å². The largest absolute Gasteiger partial charge is 0.484 e. The molecule has 2 aromatic rings. The highest BCUT2D eigenvalue weighted by atomic mass is 35.5. The number of carbonyl (C=O) groups is 1. The summed E-state index contributed by atoms with van der Waals surface area (Å²) in [5.74, 6) is 1.22. The van der Waals surface area contributed by atoms with Crippen molar-refractivity contribution in [1.29, 1.82) is 0 Å². The Labute approximate surface area is 144 Å². The van der Waals surface area contributed by atoms with Crippen molar-refractivity contribution < 1.29 is 14.3 Å². The molecule has 0 fully saturated rings. The van der Waals surface area contributed by atoms with Gasteiger partial charge in [0.1, 0.15) is 12.4 Å². The maximum Gasteiger partial charge on any atom is 0.316 e. The normalized spacial score (nSPS) is 10.6. The summed E-state index contributed by atoms with van der Waals surface area (Å²) in [6.07, 6.45) is 0. The van der Waals surface area contributed by atoms with E-state index < -0.39 is 0 Å². The minimum atomic E-state index is -0.267. The number of nitrogens with zero attached hydrogens (tertiary/aromatic N) is 3. The van der Waals surface area contributed by atoms with Crippen molar-refractivity contribution >= 4 is 29.3 Å². The van der Waals surface area contributed by atoms with Gasteiger partial charge in [0.2, 0.25) is 0 Å². The van der Waals surface area contributed by atoms with Crippen molar-refractivity contribution in [2.75, 3.05) is 12.4 Å². The third-order valence-corrected chi connectivity index (χ3v) is 4.18. The third kappa shape index (κ3) is 4.87. The third-order valence-electron chi connectivity index (χ3n) is 2.93. The van der Waals surface area contributed by atoms with Crippen molar-refractivity contribution in [3.05, 3.63) is 35.1 Å². The van der Waals surface area contributed by atoms with Gasteiger partial charge in [-0.2, -0.15) is 0 Å². The second kappa shape index (κ2) is 8.79. The first-order chi connectivity index (χ1) is 11.2. The summed E-state index contributed by atoms with van der Waals surface area (Å²) in [5, 5.41) is 9.45. The zero-order valence-corrected chi connectivity index (χ0v) is 14.6. The second-order valence-electron chi connectivity index (χ2n) is 4.46. The van der Waals surface area contributed by atoms with E-state index in [1.807, 2.05) is 23.6 Å². The zero-order chi connectivity index (χ0) is 16.7. The Kier molecular flexibility index (Phi) is 6.73. The summed E-state index contributed by atoms with van der Waals surface area (Å²) in [6, 6.07) is 7.26. The van der Waals surface area contributed by atoms with E-state index >= 15 is 0 Å². The van der Waals surface area contributed by atoms with Gasteiger partial charge in [0.25, 0.3) is 0 Å². The molecule has 0 aliphatic rings. The first kappa shape index (κ1) is 17.6. The van der Waals surface area contributed by atoms with Crippen molar-refractivity contribution in [2.45, 2.75) is 32.2 Å². The highest BCUT2D eigenvalue weighted by molar-refractivity contribution is 7.99. The Bertz CT molecular complexity index is 663. The molecule has 2 rings (SSSR count). The van der Waals surface area contributed by atoms with Gasteiger partial charge in [-0.15, -0.1) is 10.2 Å². The van der Waals surface area contributed by atoms with E-state index in [0.29, 0.717) is 34.9 Å². The van der Waals surface area contributed by atoms with Gasteiger partial charge in [-0.3, -0.25) is 4.79 Å². The number of carbonyl (C=O) groups excluding carboxylic acids is 1. The summed E-state index contributed by atoms with van der Waals surface area (Å²) < 4.78 is 12.5. The van der Waals surface area contributed by atoms with Crippen LogP contribution in [-0.4, -0.2) is 33.1 Å². The molecule has 124 valence electrons. The molecule has 1 aromatic heterocycles. The quantitative estimate of drug-likeness (QED) is 0.535. The molecule has 0 atom stereocenters. The van der Waals surface area contributed by atoms with Crippen LogP contribution in [0.3, 0.4) is 0 Å². The molecular weight excluding hydrogens is 338 g/mol. The molecule has 1 heterocycles. The second-order valence-corrected chi connectivity index (χ2v) is 5.81. The number of hydrogen-bond donors (Lipinski definition) is 0. The molecular formula is C15H18ClN3O3S. The van der Waals surface area contributed by atoms with E-state index in [1.165, 1.54) is 11.8 Å². The summed E-state index contributed by atoms with van der Waals surface area (Å²) in [4.78, 5) is 11.4. The van der Waals surface area contributed by atoms with E-state index in [0.717, 1.165) is 0 Å². The van der Waals surface area contributed by atoms with Gasteiger partial charge >= 0.3 is 5.97 Å². The SMILES string of the molecule is CCOC(=O)CSc1nnc(COc2ccccc2Cl)n1CC. The number of rotatable bonds is 8. The molecule has 0 N–H and O–H groups in total. The molecule has 0 aliphatic carbocycles. The minimum Gasteiger partial charge on any atom is -0.484 e. The Morgan fingerprint density at radius 2 is 2.09 bits per heavy atom.